The van der Waals surface area contributed by atoms with Crippen molar-refractivity contribution in [3.05, 3.63) is 65.2 Å². The second kappa shape index (κ2) is 4.18. The molecule has 3 rings (SSSR count). The van der Waals surface area contributed by atoms with Gasteiger partial charge in [0.1, 0.15) is 0 Å². The van der Waals surface area contributed by atoms with Gasteiger partial charge in [0.15, 0.2) is 0 Å². The number of carbonyl (C=O) groups is 1. The Kier molecular flexibility index (Phi) is 2.03. The number of hydrogen-bond acceptors (Lipinski definition) is 2. The molecule has 0 saturated carbocycles. The molecule has 1 amide bonds. The lowest BCUT2D eigenvalue weighted by Crippen LogP contribution is -2.16. The Labute approximate surface area is 109 Å². The van der Waals surface area contributed by atoms with Crippen LogP contribution >= 0.6 is 0 Å². The maximum Gasteiger partial charge on any atom is 0.248 e. The van der Waals surface area contributed by atoms with Gasteiger partial charge in [-0.1, -0.05) is 30.3 Å². The van der Waals surface area contributed by atoms with Crippen molar-refractivity contribution in [1.82, 2.24) is 0 Å². The molecule has 2 N–H and O–H groups in total. The van der Waals surface area contributed by atoms with E-state index in [0.717, 1.165) is 0 Å². The first kappa shape index (κ1) is 8.75. The third-order valence-corrected chi connectivity index (χ3v) is 3.15. The first-order valence-corrected chi connectivity index (χ1v) is 5.79. The quantitative estimate of drug-likeness (QED) is 0.875. The van der Waals surface area contributed by atoms with E-state index in [9.17, 15) is 4.79 Å². The molecule has 2 aromatic carbocycles. The summed E-state index contributed by atoms with van der Waals surface area (Å²) in [6.45, 7) is 1.41. The van der Waals surface area contributed by atoms with Crippen molar-refractivity contribution in [2.75, 3.05) is 4.90 Å². The smallest absolute Gasteiger partial charge is 0.248 e. The molecule has 18 heavy (non-hydrogen) atoms. The van der Waals surface area contributed by atoms with E-state index in [2.05, 4.69) is 12.1 Å². The van der Waals surface area contributed by atoms with Gasteiger partial charge in [0.25, 0.3) is 0 Å². The molecule has 3 nitrogen and oxygen atoms in total. The highest BCUT2D eigenvalue weighted by Crippen LogP contribution is 2.28. The van der Waals surface area contributed by atoms with Crippen molar-refractivity contribution in [3.8, 4) is 0 Å². The number of nitrogens with two attached hydrogens (primary N) is 1. The molecule has 3 heteroatoms. The molecule has 0 radical (unpaired) electrons. The summed E-state index contributed by atoms with van der Waals surface area (Å²) in [5.74, 6) is -0.724. The molecule has 0 bridgehead atoms. The van der Waals surface area contributed by atoms with E-state index in [1.165, 1.54) is 17.2 Å². The summed E-state index contributed by atoms with van der Waals surface area (Å²) in [7, 11) is 0. The minimum absolute atomic E-state index is 0.00274. The van der Waals surface area contributed by atoms with Crippen molar-refractivity contribution in [2.24, 2.45) is 5.73 Å². The lowest BCUT2D eigenvalue weighted by atomic mass is 10.1. The minimum Gasteiger partial charge on any atom is -0.366 e. The number of carbonyl (C=O) groups excluding carboxylic acids is 1. The van der Waals surface area contributed by atoms with Crippen molar-refractivity contribution in [3.63, 3.8) is 0 Å². The van der Waals surface area contributed by atoms with Gasteiger partial charge in [0, 0.05) is 24.3 Å². The lowest BCUT2D eigenvalue weighted by Gasteiger charge is -2.18. The van der Waals surface area contributed by atoms with Crippen molar-refractivity contribution >= 4 is 11.6 Å². The van der Waals surface area contributed by atoms with E-state index >= 15 is 0 Å². The van der Waals surface area contributed by atoms with Gasteiger partial charge >= 0.3 is 0 Å². The largest absolute Gasteiger partial charge is 0.366 e. The number of anilines is 1. The SMILES string of the molecule is [2H]c1ccc(N2Cc3ccccc3C2)c([2H])c1C(N)=O. The van der Waals surface area contributed by atoms with E-state index in [4.69, 9.17) is 8.48 Å². The Bertz CT molecular complexity index is 675. The normalized spacial score (nSPS) is 15.0. The Balaban J connectivity index is 2.02. The Morgan fingerprint density at radius 3 is 2.44 bits per heavy atom. The minimum atomic E-state index is -0.724. The van der Waals surface area contributed by atoms with Gasteiger partial charge in [0.05, 0.1) is 2.74 Å². The Hall–Kier alpha value is -2.29. The van der Waals surface area contributed by atoms with E-state index in [1.54, 1.807) is 6.07 Å². The van der Waals surface area contributed by atoms with E-state index in [-0.39, 0.29) is 17.6 Å². The summed E-state index contributed by atoms with van der Waals surface area (Å²) in [4.78, 5) is 13.4. The van der Waals surface area contributed by atoms with Crippen LogP contribution in [-0.2, 0) is 13.1 Å². The highest BCUT2D eigenvalue weighted by molar-refractivity contribution is 5.93. The van der Waals surface area contributed by atoms with Crippen LogP contribution < -0.4 is 10.6 Å². The summed E-state index contributed by atoms with van der Waals surface area (Å²) in [6, 6.07) is 11.4. The Morgan fingerprint density at radius 2 is 1.83 bits per heavy atom. The zero-order valence-electron chi connectivity index (χ0n) is 11.8. The van der Waals surface area contributed by atoms with Gasteiger partial charge < -0.3 is 10.6 Å². The summed E-state index contributed by atoms with van der Waals surface area (Å²) in [5, 5.41) is 0. The van der Waals surface area contributed by atoms with Crippen molar-refractivity contribution < 1.29 is 7.54 Å². The predicted octanol–water partition coefficient (Wildman–Crippen LogP) is 2.31. The molecular weight excluding hydrogens is 224 g/mol. The van der Waals surface area contributed by atoms with Crippen LogP contribution in [0.3, 0.4) is 0 Å². The second-order valence-corrected chi connectivity index (χ2v) is 4.35. The van der Waals surface area contributed by atoms with Crippen LogP contribution in [0.25, 0.3) is 0 Å². The summed E-state index contributed by atoms with van der Waals surface area (Å²) in [6.07, 6.45) is 0. The molecule has 2 aromatic rings. The molecule has 0 fully saturated rings. The molecule has 0 spiro atoms. The van der Waals surface area contributed by atoms with Gasteiger partial charge in [-0.25, -0.2) is 0 Å². The van der Waals surface area contributed by atoms with E-state index in [1.807, 2.05) is 17.0 Å². The topological polar surface area (TPSA) is 46.3 Å². The van der Waals surface area contributed by atoms with Crippen molar-refractivity contribution in [2.45, 2.75) is 13.1 Å². The molecule has 90 valence electrons. The lowest BCUT2D eigenvalue weighted by molar-refractivity contribution is 0.100. The average molecular weight is 240 g/mol. The third-order valence-electron chi connectivity index (χ3n) is 3.15. The molecule has 0 unspecified atom stereocenters. The fourth-order valence-electron chi connectivity index (χ4n) is 2.23. The number of nitrogens with zero attached hydrogens (tertiary/aromatic N) is 1. The van der Waals surface area contributed by atoms with E-state index in [0.29, 0.717) is 18.8 Å². The number of primary amides is 1. The van der Waals surface area contributed by atoms with Crippen molar-refractivity contribution in [1.29, 1.82) is 0 Å². The van der Waals surface area contributed by atoms with Crippen LogP contribution in [0.15, 0.2) is 48.5 Å². The molecule has 0 aromatic heterocycles. The van der Waals surface area contributed by atoms with Gasteiger partial charge in [0.2, 0.25) is 5.91 Å². The zero-order valence-corrected chi connectivity index (χ0v) is 9.81. The summed E-state index contributed by atoms with van der Waals surface area (Å²) >= 11 is 0. The molecule has 0 aliphatic carbocycles. The zero-order chi connectivity index (χ0) is 14.3. The first-order valence-electron chi connectivity index (χ1n) is 6.79. The van der Waals surface area contributed by atoms with Crippen LogP contribution in [0.4, 0.5) is 5.69 Å². The molecule has 1 aliphatic rings. The third kappa shape index (κ3) is 1.84. The molecule has 0 atom stereocenters. The van der Waals surface area contributed by atoms with Gasteiger partial charge in [-0.2, -0.15) is 0 Å². The van der Waals surface area contributed by atoms with Crippen LogP contribution in [0, 0.1) is 0 Å². The number of fused-ring (bicyclic) bond motifs is 1. The summed E-state index contributed by atoms with van der Waals surface area (Å²) < 4.78 is 15.8. The van der Waals surface area contributed by atoms with Crippen LogP contribution in [0.1, 0.15) is 24.2 Å². The maximum absolute atomic E-state index is 11.4. The molecule has 1 aliphatic heterocycles. The fraction of sp³-hybridized carbons (Fsp3) is 0.133. The fourth-order valence-corrected chi connectivity index (χ4v) is 2.23. The second-order valence-electron chi connectivity index (χ2n) is 4.35. The molecule has 0 saturated heterocycles. The van der Waals surface area contributed by atoms with Gasteiger partial charge in [-0.3, -0.25) is 4.79 Å². The first-order chi connectivity index (χ1) is 9.58. The van der Waals surface area contributed by atoms with Crippen LogP contribution in [-0.4, -0.2) is 5.91 Å². The standard InChI is InChI=1S/C15H14N2O/c16-15(18)11-6-3-7-14(8-11)17-9-12-4-1-2-5-13(12)10-17/h1-8H,9-10H2,(H2,16,18)/i6D,8D. The average Bonchev–Trinajstić information content (AvgIpc) is 2.81. The molecule has 1 heterocycles. The predicted molar refractivity (Wildman–Crippen MR) is 71.3 cm³/mol. The van der Waals surface area contributed by atoms with E-state index < -0.39 is 5.91 Å². The monoisotopic (exact) mass is 240 g/mol. The number of hydrogen-bond donors (Lipinski definition) is 1. The highest BCUT2D eigenvalue weighted by atomic mass is 16.1. The van der Waals surface area contributed by atoms with Gasteiger partial charge in [-0.05, 0) is 29.3 Å². The number of rotatable bonds is 2. The van der Waals surface area contributed by atoms with Crippen LogP contribution in [0.5, 0.6) is 0 Å². The maximum atomic E-state index is 11.4. The summed E-state index contributed by atoms with van der Waals surface area (Å²) in [5.41, 5.74) is 8.35. The van der Waals surface area contributed by atoms with Gasteiger partial charge in [-0.15, -0.1) is 0 Å². The number of amides is 1. The van der Waals surface area contributed by atoms with Crippen LogP contribution in [0.2, 0.25) is 0 Å². The molecular formula is C15H14N2O. The Morgan fingerprint density at radius 1 is 1.17 bits per heavy atom. The number of benzene rings is 2. The highest BCUT2D eigenvalue weighted by Gasteiger charge is 2.18.